The molecular weight excluding hydrogens is 438 g/mol. The van der Waals surface area contributed by atoms with Crippen molar-refractivity contribution < 1.29 is 9.59 Å². The third-order valence-electron chi connectivity index (χ3n) is 7.77. The zero-order valence-electron chi connectivity index (χ0n) is 21.2. The predicted octanol–water partition coefficient (Wildman–Crippen LogP) is 4.93. The van der Waals surface area contributed by atoms with Crippen molar-refractivity contribution in [3.63, 3.8) is 0 Å². The van der Waals surface area contributed by atoms with Crippen molar-refractivity contribution in [3.8, 4) is 0 Å². The number of benzene rings is 1. The number of nitrogens with zero attached hydrogens (tertiary/aromatic N) is 3. The molecular formula is C29H39N3O3. The van der Waals surface area contributed by atoms with E-state index in [1.54, 1.807) is 22.2 Å². The molecule has 0 spiro atoms. The van der Waals surface area contributed by atoms with Crippen LogP contribution in [0.5, 0.6) is 0 Å². The standard InChI is InChI=1S/C29H39N3O3/c1-3-22(2)32-20-25(28(34)30-15-9-4-5-10-16-30)27(33)26(21-32)29(35)31-17-13-24(14-18-31)19-23-11-7-6-8-12-23/h6-8,11-12,20-22,24H,3-5,9-10,13-19H2,1-2H3/t22-/m0/s1. The maximum absolute atomic E-state index is 13.5. The highest BCUT2D eigenvalue weighted by atomic mass is 16.2. The van der Waals surface area contributed by atoms with Crippen LogP contribution in [-0.4, -0.2) is 52.4 Å². The number of hydrogen-bond acceptors (Lipinski definition) is 3. The number of pyridine rings is 1. The smallest absolute Gasteiger partial charge is 0.259 e. The summed E-state index contributed by atoms with van der Waals surface area (Å²) in [5.74, 6) is 0.0649. The van der Waals surface area contributed by atoms with Crippen molar-refractivity contribution in [1.29, 1.82) is 0 Å². The van der Waals surface area contributed by atoms with Crippen molar-refractivity contribution in [3.05, 3.63) is 69.6 Å². The lowest BCUT2D eigenvalue weighted by Crippen LogP contribution is -2.42. The summed E-state index contributed by atoms with van der Waals surface area (Å²) in [4.78, 5) is 44.0. The first-order valence-corrected chi connectivity index (χ1v) is 13.4. The summed E-state index contributed by atoms with van der Waals surface area (Å²) < 4.78 is 1.89. The van der Waals surface area contributed by atoms with Gasteiger partial charge < -0.3 is 14.4 Å². The SMILES string of the molecule is CC[C@H](C)n1cc(C(=O)N2CCCCCC2)c(=O)c(C(=O)N2CCC(Cc3ccccc3)CC2)c1. The second-order valence-corrected chi connectivity index (χ2v) is 10.3. The fourth-order valence-electron chi connectivity index (χ4n) is 5.27. The normalized spacial score (nSPS) is 18.2. The molecule has 1 aromatic carbocycles. The highest BCUT2D eigenvalue weighted by Gasteiger charge is 2.29. The van der Waals surface area contributed by atoms with Crippen molar-refractivity contribution in [2.24, 2.45) is 5.92 Å². The Hall–Kier alpha value is -2.89. The summed E-state index contributed by atoms with van der Waals surface area (Å²) in [5.41, 5.74) is 1.17. The molecule has 1 atom stereocenters. The van der Waals surface area contributed by atoms with Crippen LogP contribution in [0.15, 0.2) is 47.5 Å². The summed E-state index contributed by atoms with van der Waals surface area (Å²) >= 11 is 0. The van der Waals surface area contributed by atoms with E-state index in [0.717, 1.165) is 51.4 Å². The molecule has 3 heterocycles. The third-order valence-corrected chi connectivity index (χ3v) is 7.77. The van der Waals surface area contributed by atoms with Gasteiger partial charge in [-0.2, -0.15) is 0 Å². The van der Waals surface area contributed by atoms with Gasteiger partial charge in [-0.05, 0) is 56.9 Å². The van der Waals surface area contributed by atoms with Crippen LogP contribution in [0.4, 0.5) is 0 Å². The van der Waals surface area contributed by atoms with Crippen LogP contribution in [0.25, 0.3) is 0 Å². The Balaban J connectivity index is 1.54. The Kier molecular flexibility index (Phi) is 8.42. The molecule has 2 aliphatic heterocycles. The van der Waals surface area contributed by atoms with Gasteiger partial charge in [-0.15, -0.1) is 0 Å². The second kappa shape index (κ2) is 11.7. The molecule has 2 amide bonds. The molecule has 188 valence electrons. The summed E-state index contributed by atoms with van der Waals surface area (Å²) in [7, 11) is 0. The lowest BCUT2D eigenvalue weighted by molar-refractivity contribution is 0.0688. The number of likely N-dealkylation sites (tertiary alicyclic amines) is 2. The van der Waals surface area contributed by atoms with E-state index < -0.39 is 5.43 Å². The molecule has 0 bridgehead atoms. The van der Waals surface area contributed by atoms with E-state index in [0.29, 0.717) is 32.1 Å². The van der Waals surface area contributed by atoms with Crippen LogP contribution in [0.3, 0.4) is 0 Å². The minimum Gasteiger partial charge on any atom is -0.350 e. The number of carbonyl (C=O) groups excluding carboxylic acids is 2. The van der Waals surface area contributed by atoms with Crippen LogP contribution in [0.2, 0.25) is 0 Å². The number of rotatable bonds is 6. The number of aromatic nitrogens is 1. The van der Waals surface area contributed by atoms with E-state index in [9.17, 15) is 14.4 Å². The fourth-order valence-corrected chi connectivity index (χ4v) is 5.27. The largest absolute Gasteiger partial charge is 0.350 e. The number of carbonyl (C=O) groups is 2. The van der Waals surface area contributed by atoms with Gasteiger partial charge in [0.2, 0.25) is 5.43 Å². The average molecular weight is 478 g/mol. The quantitative estimate of drug-likeness (QED) is 0.593. The molecule has 2 fully saturated rings. The van der Waals surface area contributed by atoms with Crippen molar-refractivity contribution in [2.45, 2.75) is 71.3 Å². The molecule has 6 nitrogen and oxygen atoms in total. The van der Waals surface area contributed by atoms with E-state index >= 15 is 0 Å². The minimum absolute atomic E-state index is 0.0921. The molecule has 2 saturated heterocycles. The van der Waals surface area contributed by atoms with Crippen molar-refractivity contribution >= 4 is 11.8 Å². The monoisotopic (exact) mass is 477 g/mol. The molecule has 0 radical (unpaired) electrons. The van der Waals surface area contributed by atoms with Crippen LogP contribution in [0, 0.1) is 5.92 Å². The van der Waals surface area contributed by atoms with Gasteiger partial charge in [0.15, 0.2) is 0 Å². The summed E-state index contributed by atoms with van der Waals surface area (Å²) in [6, 6.07) is 10.6. The highest BCUT2D eigenvalue weighted by Crippen LogP contribution is 2.23. The first-order valence-electron chi connectivity index (χ1n) is 13.4. The number of piperidine rings is 1. The Morgan fingerprint density at radius 2 is 1.40 bits per heavy atom. The topological polar surface area (TPSA) is 62.6 Å². The van der Waals surface area contributed by atoms with Gasteiger partial charge in [0, 0.05) is 44.6 Å². The second-order valence-electron chi connectivity index (χ2n) is 10.3. The lowest BCUT2D eigenvalue weighted by atomic mass is 9.90. The Morgan fingerprint density at radius 3 is 1.94 bits per heavy atom. The maximum atomic E-state index is 13.5. The molecule has 2 aliphatic rings. The van der Waals surface area contributed by atoms with Gasteiger partial charge >= 0.3 is 0 Å². The van der Waals surface area contributed by atoms with Gasteiger partial charge in [-0.3, -0.25) is 14.4 Å². The first-order chi connectivity index (χ1) is 17.0. The molecule has 0 saturated carbocycles. The predicted molar refractivity (Wildman–Crippen MR) is 139 cm³/mol. The molecule has 1 aromatic heterocycles. The van der Waals surface area contributed by atoms with Crippen LogP contribution in [0.1, 0.15) is 91.1 Å². The molecule has 6 heteroatoms. The molecule has 2 aromatic rings. The van der Waals surface area contributed by atoms with Crippen LogP contribution in [-0.2, 0) is 6.42 Å². The Bertz CT molecular complexity index is 1060. The van der Waals surface area contributed by atoms with E-state index in [-0.39, 0.29) is 29.0 Å². The highest BCUT2D eigenvalue weighted by molar-refractivity contribution is 5.99. The summed E-state index contributed by atoms with van der Waals surface area (Å²) in [5, 5.41) is 0. The number of hydrogen-bond donors (Lipinski definition) is 0. The Morgan fingerprint density at radius 1 is 0.857 bits per heavy atom. The Labute approximate surface area is 208 Å². The van der Waals surface area contributed by atoms with Gasteiger partial charge in [0.25, 0.3) is 11.8 Å². The zero-order chi connectivity index (χ0) is 24.8. The fraction of sp³-hybridized carbons (Fsp3) is 0.552. The van der Waals surface area contributed by atoms with E-state index in [1.165, 1.54) is 5.56 Å². The van der Waals surface area contributed by atoms with E-state index in [4.69, 9.17) is 0 Å². The number of amides is 2. The van der Waals surface area contributed by atoms with Gasteiger partial charge in [0.05, 0.1) is 0 Å². The zero-order valence-corrected chi connectivity index (χ0v) is 21.2. The third kappa shape index (κ3) is 6.03. The average Bonchev–Trinajstić information content (AvgIpc) is 3.18. The van der Waals surface area contributed by atoms with Gasteiger partial charge in [-0.1, -0.05) is 50.1 Å². The molecule has 4 rings (SSSR count). The van der Waals surface area contributed by atoms with Crippen LogP contribution >= 0.6 is 0 Å². The lowest BCUT2D eigenvalue weighted by Gasteiger charge is -2.32. The summed E-state index contributed by atoms with van der Waals surface area (Å²) in [6.45, 7) is 6.75. The van der Waals surface area contributed by atoms with Crippen molar-refractivity contribution in [1.82, 2.24) is 14.4 Å². The first kappa shape index (κ1) is 25.2. The minimum atomic E-state index is -0.421. The molecule has 0 aliphatic carbocycles. The van der Waals surface area contributed by atoms with E-state index in [1.807, 2.05) is 17.6 Å². The van der Waals surface area contributed by atoms with E-state index in [2.05, 4.69) is 31.2 Å². The maximum Gasteiger partial charge on any atom is 0.259 e. The van der Waals surface area contributed by atoms with Gasteiger partial charge in [-0.25, -0.2) is 0 Å². The molecule has 0 N–H and O–H groups in total. The van der Waals surface area contributed by atoms with Gasteiger partial charge in [0.1, 0.15) is 11.1 Å². The molecule has 35 heavy (non-hydrogen) atoms. The van der Waals surface area contributed by atoms with Crippen LogP contribution < -0.4 is 5.43 Å². The summed E-state index contributed by atoms with van der Waals surface area (Å²) in [6.07, 6.45) is 11.2. The molecule has 0 unspecified atom stereocenters. The van der Waals surface area contributed by atoms with Crippen molar-refractivity contribution in [2.75, 3.05) is 26.2 Å².